The van der Waals surface area contributed by atoms with Crippen LogP contribution in [0.2, 0.25) is 0 Å². The number of thiocarbonyl (C=S) groups is 1. The second-order valence-corrected chi connectivity index (χ2v) is 6.00. The molecule has 1 aliphatic heterocycles. The van der Waals surface area contributed by atoms with Crippen LogP contribution in [0.4, 0.5) is 0 Å². The molecule has 1 amide bonds. The van der Waals surface area contributed by atoms with Gasteiger partial charge in [-0.15, -0.1) is 0 Å². The minimum absolute atomic E-state index is 0.189. The van der Waals surface area contributed by atoms with Crippen molar-refractivity contribution in [2.45, 2.75) is 39.0 Å². The molecule has 5 heteroatoms. The van der Waals surface area contributed by atoms with E-state index in [4.69, 9.17) is 18.0 Å². The Labute approximate surface area is 122 Å². The summed E-state index contributed by atoms with van der Waals surface area (Å²) in [5, 5.41) is 0. The van der Waals surface area contributed by atoms with Crippen molar-refractivity contribution in [3.63, 3.8) is 0 Å². The highest BCUT2D eigenvalue weighted by Gasteiger charge is 2.18. The van der Waals surface area contributed by atoms with Crippen molar-refractivity contribution in [3.05, 3.63) is 0 Å². The zero-order valence-corrected chi connectivity index (χ0v) is 13.0. The Morgan fingerprint density at radius 2 is 2.00 bits per heavy atom. The second kappa shape index (κ2) is 8.48. The van der Waals surface area contributed by atoms with Gasteiger partial charge in [0.25, 0.3) is 0 Å². The molecule has 0 aliphatic carbocycles. The number of hydrogen-bond acceptors (Lipinski definition) is 3. The molecule has 19 heavy (non-hydrogen) atoms. The largest absolute Gasteiger partial charge is 0.393 e. The van der Waals surface area contributed by atoms with Gasteiger partial charge in [0, 0.05) is 33.0 Å². The van der Waals surface area contributed by atoms with Crippen LogP contribution < -0.4 is 5.73 Å². The molecule has 0 saturated carbocycles. The minimum atomic E-state index is 0.189. The molecule has 0 aromatic carbocycles. The van der Waals surface area contributed by atoms with Crippen LogP contribution in [0, 0.1) is 5.92 Å². The molecule has 1 fully saturated rings. The fourth-order valence-electron chi connectivity index (χ4n) is 2.47. The molecule has 1 saturated heterocycles. The van der Waals surface area contributed by atoms with E-state index in [9.17, 15) is 4.79 Å². The zero-order chi connectivity index (χ0) is 14.3. The fourth-order valence-corrected chi connectivity index (χ4v) is 2.56. The molecule has 110 valence electrons. The maximum atomic E-state index is 11.9. The van der Waals surface area contributed by atoms with Crippen LogP contribution in [0.1, 0.15) is 39.0 Å². The Morgan fingerprint density at radius 1 is 1.37 bits per heavy atom. The number of hydrogen-bond donors (Lipinski definition) is 1. The van der Waals surface area contributed by atoms with Crippen molar-refractivity contribution in [2.75, 3.05) is 33.2 Å². The van der Waals surface area contributed by atoms with Gasteiger partial charge in [-0.1, -0.05) is 25.6 Å². The van der Waals surface area contributed by atoms with Gasteiger partial charge < -0.3 is 15.5 Å². The molecule has 0 radical (unpaired) electrons. The molecule has 1 heterocycles. The Bertz CT molecular complexity index is 301. The van der Waals surface area contributed by atoms with Crippen LogP contribution in [0.3, 0.4) is 0 Å². The maximum Gasteiger partial charge on any atom is 0.223 e. The lowest BCUT2D eigenvalue weighted by Crippen LogP contribution is -2.37. The first-order valence-corrected chi connectivity index (χ1v) is 7.68. The summed E-state index contributed by atoms with van der Waals surface area (Å²) < 4.78 is 0. The Morgan fingerprint density at radius 3 is 2.53 bits per heavy atom. The lowest BCUT2D eigenvalue weighted by atomic mass is 9.94. The van der Waals surface area contributed by atoms with Crippen LogP contribution >= 0.6 is 12.2 Å². The lowest BCUT2D eigenvalue weighted by molar-refractivity contribution is -0.130. The standard InChI is InChI=1S/C14H27N3OS/c1-3-12-4-9-17(10-5-12)11-7-14(18)16(2)8-6-13(15)19/h12H,3-11H2,1-2H3,(H2,15,19). The van der Waals surface area contributed by atoms with E-state index in [0.29, 0.717) is 24.4 Å². The number of rotatable bonds is 7. The van der Waals surface area contributed by atoms with Gasteiger partial charge in [0.2, 0.25) is 5.91 Å². The van der Waals surface area contributed by atoms with E-state index in [2.05, 4.69) is 11.8 Å². The second-order valence-electron chi connectivity index (χ2n) is 5.47. The number of carbonyl (C=O) groups excluding carboxylic acids is 1. The molecule has 0 spiro atoms. The third-order valence-electron chi connectivity index (χ3n) is 4.05. The highest BCUT2D eigenvalue weighted by molar-refractivity contribution is 7.80. The van der Waals surface area contributed by atoms with E-state index in [-0.39, 0.29) is 5.91 Å². The van der Waals surface area contributed by atoms with Crippen molar-refractivity contribution in [1.29, 1.82) is 0 Å². The lowest BCUT2D eigenvalue weighted by Gasteiger charge is -2.31. The quantitative estimate of drug-likeness (QED) is 0.722. The number of piperidine rings is 1. The molecule has 0 aromatic heterocycles. The molecule has 2 N–H and O–H groups in total. The molecule has 0 atom stereocenters. The molecule has 0 aromatic rings. The third-order valence-corrected chi connectivity index (χ3v) is 4.25. The van der Waals surface area contributed by atoms with Gasteiger partial charge in [-0.25, -0.2) is 0 Å². The summed E-state index contributed by atoms with van der Waals surface area (Å²) in [5.41, 5.74) is 5.44. The predicted octanol–water partition coefficient (Wildman–Crippen LogP) is 1.63. The third kappa shape index (κ3) is 6.34. The van der Waals surface area contributed by atoms with E-state index < -0.39 is 0 Å². The summed E-state index contributed by atoms with van der Waals surface area (Å²) in [6.45, 7) is 6.06. The van der Waals surface area contributed by atoms with Crippen LogP contribution in [-0.4, -0.2) is 53.9 Å². The van der Waals surface area contributed by atoms with Crippen LogP contribution in [0.25, 0.3) is 0 Å². The summed E-state index contributed by atoms with van der Waals surface area (Å²) in [6.07, 6.45) is 5.06. The number of nitrogens with zero attached hydrogens (tertiary/aromatic N) is 2. The predicted molar refractivity (Wildman–Crippen MR) is 83.1 cm³/mol. The van der Waals surface area contributed by atoms with Crippen molar-refractivity contribution in [2.24, 2.45) is 11.7 Å². The zero-order valence-electron chi connectivity index (χ0n) is 12.2. The normalized spacial score (nSPS) is 17.4. The molecule has 1 aliphatic rings. The number of amides is 1. The monoisotopic (exact) mass is 285 g/mol. The molecular weight excluding hydrogens is 258 g/mol. The Kier molecular flexibility index (Phi) is 7.31. The smallest absolute Gasteiger partial charge is 0.223 e. The first-order valence-electron chi connectivity index (χ1n) is 7.27. The molecule has 0 bridgehead atoms. The summed E-state index contributed by atoms with van der Waals surface area (Å²) in [5.74, 6) is 1.08. The summed E-state index contributed by atoms with van der Waals surface area (Å²) in [7, 11) is 1.82. The van der Waals surface area contributed by atoms with Gasteiger partial charge in [0.05, 0.1) is 4.99 Å². The van der Waals surface area contributed by atoms with Gasteiger partial charge in [0.15, 0.2) is 0 Å². The van der Waals surface area contributed by atoms with Gasteiger partial charge >= 0.3 is 0 Å². The molecule has 0 unspecified atom stereocenters. The Balaban J connectivity index is 2.17. The summed E-state index contributed by atoms with van der Waals surface area (Å²) in [4.78, 5) is 16.5. The van der Waals surface area contributed by atoms with E-state index in [1.54, 1.807) is 4.90 Å². The van der Waals surface area contributed by atoms with E-state index in [1.165, 1.54) is 19.3 Å². The maximum absolute atomic E-state index is 11.9. The highest BCUT2D eigenvalue weighted by atomic mass is 32.1. The average molecular weight is 285 g/mol. The fraction of sp³-hybridized carbons (Fsp3) is 0.857. The van der Waals surface area contributed by atoms with Gasteiger partial charge in [0.1, 0.15) is 0 Å². The van der Waals surface area contributed by atoms with Crippen molar-refractivity contribution in [3.8, 4) is 0 Å². The summed E-state index contributed by atoms with van der Waals surface area (Å²) >= 11 is 4.82. The van der Waals surface area contributed by atoms with Crippen molar-refractivity contribution < 1.29 is 4.79 Å². The van der Waals surface area contributed by atoms with Gasteiger partial charge in [-0.2, -0.15) is 0 Å². The topological polar surface area (TPSA) is 49.6 Å². The van der Waals surface area contributed by atoms with E-state index in [0.717, 1.165) is 25.6 Å². The number of likely N-dealkylation sites (tertiary alicyclic amines) is 1. The van der Waals surface area contributed by atoms with Gasteiger partial charge in [-0.05, 0) is 31.8 Å². The van der Waals surface area contributed by atoms with E-state index >= 15 is 0 Å². The molecule has 1 rings (SSSR count). The highest BCUT2D eigenvalue weighted by Crippen LogP contribution is 2.19. The Hall–Kier alpha value is -0.680. The van der Waals surface area contributed by atoms with Crippen LogP contribution in [0.15, 0.2) is 0 Å². The number of nitrogens with two attached hydrogens (primary N) is 1. The van der Waals surface area contributed by atoms with Crippen molar-refractivity contribution in [1.82, 2.24) is 9.80 Å². The first kappa shape index (κ1) is 16.4. The minimum Gasteiger partial charge on any atom is -0.393 e. The summed E-state index contributed by atoms with van der Waals surface area (Å²) in [6, 6.07) is 0. The van der Waals surface area contributed by atoms with Crippen molar-refractivity contribution >= 4 is 23.1 Å². The SMILES string of the molecule is CCC1CCN(CCC(=O)N(C)CCC(N)=S)CC1. The number of carbonyl (C=O) groups is 1. The first-order chi connectivity index (χ1) is 9.02. The van der Waals surface area contributed by atoms with Crippen LogP contribution in [0.5, 0.6) is 0 Å². The van der Waals surface area contributed by atoms with E-state index in [1.807, 2.05) is 7.05 Å². The average Bonchev–Trinajstić information content (AvgIpc) is 2.42. The van der Waals surface area contributed by atoms with Gasteiger partial charge in [-0.3, -0.25) is 4.79 Å². The molecule has 4 nitrogen and oxygen atoms in total. The van der Waals surface area contributed by atoms with Crippen LogP contribution in [-0.2, 0) is 4.79 Å². The molecular formula is C14H27N3OS.